The third-order valence-electron chi connectivity index (χ3n) is 1.67. The summed E-state index contributed by atoms with van der Waals surface area (Å²) in [6.45, 7) is 4.00. The first kappa shape index (κ1) is 10.6. The SMILES string of the molecule is C=CCNc1c(Cl)cccc1C(=O)O. The van der Waals surface area contributed by atoms with Gasteiger partial charge in [0, 0.05) is 6.54 Å². The Morgan fingerprint density at radius 2 is 2.36 bits per heavy atom. The van der Waals surface area contributed by atoms with Crippen LogP contribution in [0.4, 0.5) is 5.69 Å². The van der Waals surface area contributed by atoms with Crippen LogP contribution in [0.2, 0.25) is 5.02 Å². The number of nitrogens with one attached hydrogen (secondary N) is 1. The van der Waals surface area contributed by atoms with Gasteiger partial charge in [0.1, 0.15) is 0 Å². The molecule has 2 N–H and O–H groups in total. The monoisotopic (exact) mass is 211 g/mol. The zero-order valence-electron chi connectivity index (χ0n) is 7.46. The van der Waals surface area contributed by atoms with Crippen molar-refractivity contribution >= 4 is 23.3 Å². The van der Waals surface area contributed by atoms with E-state index in [9.17, 15) is 4.79 Å². The zero-order valence-corrected chi connectivity index (χ0v) is 8.21. The number of rotatable bonds is 4. The Morgan fingerprint density at radius 1 is 1.64 bits per heavy atom. The topological polar surface area (TPSA) is 49.3 Å². The van der Waals surface area contributed by atoms with Gasteiger partial charge in [-0.1, -0.05) is 23.7 Å². The van der Waals surface area contributed by atoms with Gasteiger partial charge in [-0.3, -0.25) is 0 Å². The van der Waals surface area contributed by atoms with E-state index in [4.69, 9.17) is 16.7 Å². The molecule has 0 amide bonds. The van der Waals surface area contributed by atoms with Gasteiger partial charge in [-0.05, 0) is 12.1 Å². The summed E-state index contributed by atoms with van der Waals surface area (Å²) in [5.74, 6) is -1.00. The molecule has 0 bridgehead atoms. The molecular formula is C10H10ClNO2. The summed E-state index contributed by atoms with van der Waals surface area (Å²) in [7, 11) is 0. The molecule has 1 aromatic rings. The van der Waals surface area contributed by atoms with Crippen molar-refractivity contribution in [3.8, 4) is 0 Å². The number of halogens is 1. The van der Waals surface area contributed by atoms with Crippen LogP contribution in [-0.4, -0.2) is 17.6 Å². The number of para-hydroxylation sites is 1. The molecule has 0 heterocycles. The van der Waals surface area contributed by atoms with Crippen molar-refractivity contribution in [2.24, 2.45) is 0 Å². The number of carboxylic acid groups (broad SMARTS) is 1. The van der Waals surface area contributed by atoms with Gasteiger partial charge >= 0.3 is 5.97 Å². The number of benzene rings is 1. The molecule has 0 aliphatic carbocycles. The maximum absolute atomic E-state index is 10.8. The molecule has 4 heteroatoms. The smallest absolute Gasteiger partial charge is 0.337 e. The Balaban J connectivity index is 3.08. The van der Waals surface area contributed by atoms with Gasteiger partial charge in [-0.25, -0.2) is 4.79 Å². The number of carboxylic acids is 1. The van der Waals surface area contributed by atoms with Gasteiger partial charge in [0.15, 0.2) is 0 Å². The molecule has 3 nitrogen and oxygen atoms in total. The molecule has 0 atom stereocenters. The van der Waals surface area contributed by atoms with Crippen molar-refractivity contribution in [3.63, 3.8) is 0 Å². The highest BCUT2D eigenvalue weighted by Crippen LogP contribution is 2.25. The fourth-order valence-corrected chi connectivity index (χ4v) is 1.30. The second-order valence-corrected chi connectivity index (χ2v) is 3.04. The normalized spacial score (nSPS) is 9.50. The van der Waals surface area contributed by atoms with E-state index in [1.54, 1.807) is 18.2 Å². The maximum atomic E-state index is 10.8. The number of carbonyl (C=O) groups is 1. The Morgan fingerprint density at radius 3 is 2.93 bits per heavy atom. The van der Waals surface area contributed by atoms with Crippen LogP contribution >= 0.6 is 11.6 Å². The van der Waals surface area contributed by atoms with Crippen molar-refractivity contribution in [2.75, 3.05) is 11.9 Å². The molecule has 0 unspecified atom stereocenters. The minimum absolute atomic E-state index is 0.166. The van der Waals surface area contributed by atoms with Gasteiger partial charge in [0.2, 0.25) is 0 Å². The average Bonchev–Trinajstić information content (AvgIpc) is 2.15. The maximum Gasteiger partial charge on any atom is 0.337 e. The highest BCUT2D eigenvalue weighted by atomic mass is 35.5. The van der Waals surface area contributed by atoms with Gasteiger partial charge < -0.3 is 10.4 Å². The lowest BCUT2D eigenvalue weighted by Gasteiger charge is -2.09. The second kappa shape index (κ2) is 4.67. The summed E-state index contributed by atoms with van der Waals surface area (Å²) in [6.07, 6.45) is 1.63. The fraction of sp³-hybridized carbons (Fsp3) is 0.100. The first-order valence-electron chi connectivity index (χ1n) is 4.03. The zero-order chi connectivity index (χ0) is 10.6. The van der Waals surface area contributed by atoms with Crippen molar-refractivity contribution in [2.45, 2.75) is 0 Å². The molecule has 1 rings (SSSR count). The minimum atomic E-state index is -1.00. The summed E-state index contributed by atoms with van der Waals surface area (Å²) in [5.41, 5.74) is 0.598. The molecule has 0 saturated carbocycles. The number of hydrogen-bond acceptors (Lipinski definition) is 2. The molecule has 0 aliphatic rings. The van der Waals surface area contributed by atoms with Gasteiger partial charge in [0.25, 0.3) is 0 Å². The fourth-order valence-electron chi connectivity index (χ4n) is 1.06. The van der Waals surface area contributed by atoms with Crippen LogP contribution < -0.4 is 5.32 Å². The number of aromatic carboxylic acids is 1. The van der Waals surface area contributed by atoms with Crippen molar-refractivity contribution in [1.29, 1.82) is 0 Å². The van der Waals surface area contributed by atoms with E-state index in [0.717, 1.165) is 0 Å². The van der Waals surface area contributed by atoms with E-state index in [1.165, 1.54) is 6.07 Å². The summed E-state index contributed by atoms with van der Waals surface area (Å²) in [4.78, 5) is 10.8. The van der Waals surface area contributed by atoms with E-state index >= 15 is 0 Å². The van der Waals surface area contributed by atoms with E-state index in [2.05, 4.69) is 11.9 Å². The standard InChI is InChI=1S/C10H10ClNO2/c1-2-6-12-9-7(10(13)14)4-3-5-8(9)11/h2-5,12H,1,6H2,(H,13,14). The third-order valence-corrected chi connectivity index (χ3v) is 1.98. The van der Waals surface area contributed by atoms with Gasteiger partial charge in [0.05, 0.1) is 16.3 Å². The largest absolute Gasteiger partial charge is 0.478 e. The van der Waals surface area contributed by atoms with E-state index in [-0.39, 0.29) is 5.56 Å². The Kier molecular flexibility index (Phi) is 3.54. The first-order chi connectivity index (χ1) is 6.66. The van der Waals surface area contributed by atoms with Gasteiger partial charge in [-0.15, -0.1) is 6.58 Å². The molecule has 74 valence electrons. The predicted molar refractivity (Wildman–Crippen MR) is 57.1 cm³/mol. The Hall–Kier alpha value is -1.48. The molecule has 0 radical (unpaired) electrons. The van der Waals surface area contributed by atoms with E-state index < -0.39 is 5.97 Å². The Labute approximate surface area is 87.0 Å². The number of anilines is 1. The van der Waals surface area contributed by atoms with Crippen LogP contribution in [0.25, 0.3) is 0 Å². The van der Waals surface area contributed by atoms with E-state index in [0.29, 0.717) is 17.3 Å². The minimum Gasteiger partial charge on any atom is -0.478 e. The second-order valence-electron chi connectivity index (χ2n) is 2.64. The molecule has 0 saturated heterocycles. The average molecular weight is 212 g/mol. The predicted octanol–water partition coefficient (Wildman–Crippen LogP) is 2.64. The summed E-state index contributed by atoms with van der Waals surface area (Å²) in [6, 6.07) is 4.74. The lowest BCUT2D eigenvalue weighted by Crippen LogP contribution is -2.06. The van der Waals surface area contributed by atoms with Crippen molar-refractivity contribution in [3.05, 3.63) is 41.4 Å². The molecule has 14 heavy (non-hydrogen) atoms. The molecule has 0 spiro atoms. The van der Waals surface area contributed by atoms with E-state index in [1.807, 2.05) is 0 Å². The lowest BCUT2D eigenvalue weighted by atomic mass is 10.2. The highest BCUT2D eigenvalue weighted by Gasteiger charge is 2.11. The summed E-state index contributed by atoms with van der Waals surface area (Å²) < 4.78 is 0. The highest BCUT2D eigenvalue weighted by molar-refractivity contribution is 6.34. The van der Waals surface area contributed by atoms with Gasteiger partial charge in [-0.2, -0.15) is 0 Å². The van der Waals surface area contributed by atoms with Crippen LogP contribution in [-0.2, 0) is 0 Å². The number of hydrogen-bond donors (Lipinski definition) is 2. The van der Waals surface area contributed by atoms with Crippen molar-refractivity contribution < 1.29 is 9.90 Å². The molecule has 0 aromatic heterocycles. The van der Waals surface area contributed by atoms with Crippen LogP contribution in [0.15, 0.2) is 30.9 Å². The lowest BCUT2D eigenvalue weighted by molar-refractivity contribution is 0.0698. The quantitative estimate of drug-likeness (QED) is 0.753. The van der Waals surface area contributed by atoms with Crippen molar-refractivity contribution in [1.82, 2.24) is 0 Å². The van der Waals surface area contributed by atoms with Crippen LogP contribution in [0.1, 0.15) is 10.4 Å². The summed E-state index contributed by atoms with van der Waals surface area (Å²) in [5, 5.41) is 12.1. The van der Waals surface area contributed by atoms with Crippen LogP contribution in [0, 0.1) is 0 Å². The molecule has 0 aliphatic heterocycles. The first-order valence-corrected chi connectivity index (χ1v) is 4.41. The molecule has 0 fully saturated rings. The molecule has 1 aromatic carbocycles. The van der Waals surface area contributed by atoms with Crippen LogP contribution in [0.5, 0.6) is 0 Å². The third kappa shape index (κ3) is 2.26. The molecular weight excluding hydrogens is 202 g/mol. The van der Waals surface area contributed by atoms with Crippen LogP contribution in [0.3, 0.4) is 0 Å². The Bertz CT molecular complexity index is 363. The summed E-state index contributed by atoms with van der Waals surface area (Å²) >= 11 is 5.85.